The van der Waals surface area contributed by atoms with E-state index in [1.54, 1.807) is 0 Å². The third kappa shape index (κ3) is 1.38. The van der Waals surface area contributed by atoms with E-state index in [9.17, 15) is 0 Å². The van der Waals surface area contributed by atoms with Crippen molar-refractivity contribution in [3.8, 4) is 0 Å². The van der Waals surface area contributed by atoms with Crippen LogP contribution in [0.5, 0.6) is 0 Å². The van der Waals surface area contributed by atoms with E-state index in [1.165, 1.54) is 18.4 Å². The highest BCUT2D eigenvalue weighted by Crippen LogP contribution is 2.39. The average Bonchev–Trinajstić information content (AvgIpc) is 2.97. The van der Waals surface area contributed by atoms with E-state index in [4.69, 9.17) is 5.11 Å². The molecule has 0 unspecified atom stereocenters. The molecule has 0 radical (unpaired) electrons. The Bertz CT molecular complexity index is 326. The Morgan fingerprint density at radius 3 is 2.57 bits per heavy atom. The van der Waals surface area contributed by atoms with Gasteiger partial charge >= 0.3 is 0 Å². The standard InChI is InChI=1S/C11H14N2O/c14-10-6-13(7-10)11-4-3-9(5-12-11)8-1-2-8/h3-5,8,10,14H,1-2,6-7H2. The second-order valence-corrected chi connectivity index (χ2v) is 4.28. The van der Waals surface area contributed by atoms with E-state index in [1.807, 2.05) is 6.20 Å². The van der Waals surface area contributed by atoms with E-state index in [2.05, 4.69) is 22.0 Å². The number of β-amino-alcohol motifs (C(OH)–C–C–N with tert-alkyl or cyclic N) is 1. The van der Waals surface area contributed by atoms with Crippen LogP contribution in [0.25, 0.3) is 0 Å². The highest BCUT2D eigenvalue weighted by Gasteiger charge is 2.27. The number of rotatable bonds is 2. The Morgan fingerprint density at radius 1 is 1.29 bits per heavy atom. The molecule has 2 fully saturated rings. The number of aliphatic hydroxyl groups is 1. The summed E-state index contributed by atoms with van der Waals surface area (Å²) in [5.74, 6) is 1.78. The number of anilines is 1. The molecule has 0 bridgehead atoms. The van der Waals surface area contributed by atoms with Crippen molar-refractivity contribution in [3.05, 3.63) is 23.9 Å². The quantitative estimate of drug-likeness (QED) is 0.759. The number of hydrogen-bond acceptors (Lipinski definition) is 3. The van der Waals surface area contributed by atoms with Crippen molar-refractivity contribution in [2.45, 2.75) is 24.9 Å². The third-order valence-electron chi connectivity index (χ3n) is 3.01. The molecule has 14 heavy (non-hydrogen) atoms. The Balaban J connectivity index is 1.73. The summed E-state index contributed by atoms with van der Waals surface area (Å²) in [6.45, 7) is 1.46. The Hall–Kier alpha value is -1.09. The lowest BCUT2D eigenvalue weighted by molar-refractivity contribution is 0.141. The van der Waals surface area contributed by atoms with Crippen LogP contribution in [-0.2, 0) is 0 Å². The van der Waals surface area contributed by atoms with Crippen LogP contribution in [0.2, 0.25) is 0 Å². The van der Waals surface area contributed by atoms with Gasteiger partial charge in [0.15, 0.2) is 0 Å². The van der Waals surface area contributed by atoms with Gasteiger partial charge in [0, 0.05) is 19.3 Å². The minimum Gasteiger partial charge on any atom is -0.389 e. The molecule has 1 aromatic rings. The van der Waals surface area contributed by atoms with E-state index in [0.29, 0.717) is 0 Å². The topological polar surface area (TPSA) is 36.4 Å². The molecule has 0 spiro atoms. The van der Waals surface area contributed by atoms with Gasteiger partial charge < -0.3 is 10.0 Å². The van der Waals surface area contributed by atoms with Crippen LogP contribution in [0.4, 0.5) is 5.82 Å². The highest BCUT2D eigenvalue weighted by molar-refractivity contribution is 5.43. The molecule has 2 aliphatic rings. The lowest BCUT2D eigenvalue weighted by atomic mass is 10.1. The minimum atomic E-state index is -0.153. The van der Waals surface area contributed by atoms with Gasteiger partial charge in [0.25, 0.3) is 0 Å². The summed E-state index contributed by atoms with van der Waals surface area (Å²) < 4.78 is 0. The third-order valence-corrected chi connectivity index (χ3v) is 3.01. The molecule has 1 saturated heterocycles. The van der Waals surface area contributed by atoms with E-state index in [0.717, 1.165) is 24.8 Å². The van der Waals surface area contributed by atoms with Gasteiger partial charge in [0.2, 0.25) is 0 Å². The highest BCUT2D eigenvalue weighted by atomic mass is 16.3. The molecule has 0 amide bonds. The van der Waals surface area contributed by atoms with Crippen molar-refractivity contribution in [2.24, 2.45) is 0 Å². The summed E-state index contributed by atoms with van der Waals surface area (Å²) >= 11 is 0. The monoisotopic (exact) mass is 190 g/mol. The lowest BCUT2D eigenvalue weighted by Crippen LogP contribution is -2.51. The van der Waals surface area contributed by atoms with Gasteiger partial charge in [-0.1, -0.05) is 6.07 Å². The van der Waals surface area contributed by atoms with E-state index < -0.39 is 0 Å². The molecule has 1 aromatic heterocycles. The summed E-state index contributed by atoms with van der Waals surface area (Å²) in [7, 11) is 0. The maximum Gasteiger partial charge on any atom is 0.128 e. The molecule has 3 rings (SSSR count). The minimum absolute atomic E-state index is 0.153. The fraction of sp³-hybridized carbons (Fsp3) is 0.545. The Kier molecular flexibility index (Phi) is 1.74. The number of hydrogen-bond donors (Lipinski definition) is 1. The largest absolute Gasteiger partial charge is 0.389 e. The fourth-order valence-corrected chi connectivity index (χ4v) is 1.89. The van der Waals surface area contributed by atoms with Crippen LogP contribution in [0, 0.1) is 0 Å². The Labute approximate surface area is 83.4 Å². The van der Waals surface area contributed by atoms with Gasteiger partial charge in [0.05, 0.1) is 6.10 Å². The van der Waals surface area contributed by atoms with Crippen molar-refractivity contribution < 1.29 is 5.11 Å². The maximum atomic E-state index is 9.16. The number of aromatic nitrogens is 1. The summed E-state index contributed by atoms with van der Waals surface area (Å²) in [6, 6.07) is 4.24. The predicted octanol–water partition coefficient (Wildman–Crippen LogP) is 1.14. The average molecular weight is 190 g/mol. The van der Waals surface area contributed by atoms with Gasteiger partial charge in [-0.2, -0.15) is 0 Å². The van der Waals surface area contributed by atoms with Crippen molar-refractivity contribution in [1.29, 1.82) is 0 Å². The van der Waals surface area contributed by atoms with Crippen LogP contribution in [0.1, 0.15) is 24.3 Å². The van der Waals surface area contributed by atoms with Gasteiger partial charge in [-0.3, -0.25) is 0 Å². The molecule has 3 heteroatoms. The fourth-order valence-electron chi connectivity index (χ4n) is 1.89. The van der Waals surface area contributed by atoms with Crippen LogP contribution < -0.4 is 4.90 Å². The zero-order valence-corrected chi connectivity index (χ0v) is 8.06. The Morgan fingerprint density at radius 2 is 2.07 bits per heavy atom. The smallest absolute Gasteiger partial charge is 0.128 e. The summed E-state index contributed by atoms with van der Waals surface area (Å²) in [6.07, 6.45) is 4.48. The molecule has 0 aromatic carbocycles. The summed E-state index contributed by atoms with van der Waals surface area (Å²) in [4.78, 5) is 6.51. The summed E-state index contributed by atoms with van der Waals surface area (Å²) in [5, 5.41) is 9.16. The predicted molar refractivity (Wildman–Crippen MR) is 54.4 cm³/mol. The van der Waals surface area contributed by atoms with Crippen LogP contribution >= 0.6 is 0 Å². The van der Waals surface area contributed by atoms with Crippen molar-refractivity contribution in [3.63, 3.8) is 0 Å². The first-order valence-electron chi connectivity index (χ1n) is 5.22. The van der Waals surface area contributed by atoms with Crippen LogP contribution in [0.3, 0.4) is 0 Å². The first-order valence-corrected chi connectivity index (χ1v) is 5.22. The first-order chi connectivity index (χ1) is 6.83. The lowest BCUT2D eigenvalue weighted by Gasteiger charge is -2.36. The molecule has 0 atom stereocenters. The normalized spacial score (nSPS) is 22.2. The first kappa shape index (κ1) is 8.24. The van der Waals surface area contributed by atoms with Crippen molar-refractivity contribution in [1.82, 2.24) is 4.98 Å². The number of aliphatic hydroxyl groups excluding tert-OH is 1. The zero-order valence-electron chi connectivity index (χ0n) is 8.06. The van der Waals surface area contributed by atoms with Gasteiger partial charge in [-0.15, -0.1) is 0 Å². The van der Waals surface area contributed by atoms with Gasteiger partial charge in [-0.25, -0.2) is 4.98 Å². The van der Waals surface area contributed by atoms with Crippen LogP contribution in [0.15, 0.2) is 18.3 Å². The molecular formula is C11H14N2O. The molecule has 2 heterocycles. The van der Waals surface area contributed by atoms with Crippen molar-refractivity contribution >= 4 is 5.82 Å². The summed E-state index contributed by atoms with van der Waals surface area (Å²) in [5.41, 5.74) is 1.37. The maximum absolute atomic E-state index is 9.16. The van der Waals surface area contributed by atoms with E-state index >= 15 is 0 Å². The molecular weight excluding hydrogens is 176 g/mol. The molecule has 3 nitrogen and oxygen atoms in total. The molecule has 1 saturated carbocycles. The second kappa shape index (κ2) is 2.95. The molecule has 1 aliphatic carbocycles. The van der Waals surface area contributed by atoms with Crippen molar-refractivity contribution in [2.75, 3.05) is 18.0 Å². The second-order valence-electron chi connectivity index (χ2n) is 4.28. The number of pyridine rings is 1. The van der Waals surface area contributed by atoms with Gasteiger partial charge in [0.1, 0.15) is 5.82 Å². The van der Waals surface area contributed by atoms with Gasteiger partial charge in [-0.05, 0) is 30.4 Å². The number of nitrogens with zero attached hydrogens (tertiary/aromatic N) is 2. The molecule has 1 N–H and O–H groups in total. The van der Waals surface area contributed by atoms with E-state index in [-0.39, 0.29) is 6.10 Å². The SMILES string of the molecule is OC1CN(c2ccc(C3CC3)cn2)C1. The molecule has 1 aliphatic heterocycles. The molecule has 74 valence electrons. The zero-order chi connectivity index (χ0) is 9.54. The van der Waals surface area contributed by atoms with Crippen LogP contribution in [-0.4, -0.2) is 29.3 Å².